The van der Waals surface area contributed by atoms with Crippen molar-refractivity contribution in [2.75, 3.05) is 38.4 Å². The average Bonchev–Trinajstić information content (AvgIpc) is 2.65. The summed E-state index contributed by atoms with van der Waals surface area (Å²) in [6.07, 6.45) is 0.985. The predicted octanol–water partition coefficient (Wildman–Crippen LogP) is 3.27. The van der Waals surface area contributed by atoms with Gasteiger partial charge in [0.2, 0.25) is 0 Å². The quantitative estimate of drug-likeness (QED) is 0.218. The number of benzene rings is 1. The van der Waals surface area contributed by atoms with Crippen LogP contribution in [0.25, 0.3) is 0 Å². The van der Waals surface area contributed by atoms with Crippen LogP contribution < -0.4 is 4.74 Å². The first-order valence-corrected chi connectivity index (χ1v) is 10.3. The molecule has 0 spiro atoms. The number of Topliss-reactive ketones (excluding diaryl/α,β-unsaturated/α-hetero) is 3. The first-order chi connectivity index (χ1) is 13.1. The summed E-state index contributed by atoms with van der Waals surface area (Å²) in [4.78, 5) is 36.7. The van der Waals surface area contributed by atoms with Gasteiger partial charge in [-0.15, -0.1) is 0 Å². The van der Waals surface area contributed by atoms with Gasteiger partial charge in [0.15, 0.2) is 17.3 Å². The lowest BCUT2D eigenvalue weighted by molar-refractivity contribution is -0.133. The van der Waals surface area contributed by atoms with E-state index in [-0.39, 0.29) is 41.6 Å². The van der Waals surface area contributed by atoms with Crippen LogP contribution >= 0.6 is 27.5 Å². The van der Waals surface area contributed by atoms with Crippen LogP contribution in [0.3, 0.4) is 0 Å². The maximum atomic E-state index is 12.7. The smallest absolute Gasteiger partial charge is 0.182 e. The molecule has 148 valence electrons. The van der Waals surface area contributed by atoms with Crippen molar-refractivity contribution in [2.24, 2.45) is 5.92 Å². The molecule has 1 aliphatic carbocycles. The van der Waals surface area contributed by atoms with Crippen LogP contribution in [0.5, 0.6) is 5.75 Å². The standard InChI is InChI=1S/C19H22BrClO6/c20-7-8-25-9-10-26-11-12-27-16-6-1-3-13(18(16)21)19(24)17-14(22)4-2-5-15(17)23/h1,3,6,17H,2,4-5,7-12H2. The van der Waals surface area contributed by atoms with E-state index in [4.69, 9.17) is 25.8 Å². The van der Waals surface area contributed by atoms with E-state index in [0.717, 1.165) is 5.33 Å². The molecule has 0 unspecified atom stereocenters. The number of carbonyl (C=O) groups excluding carboxylic acids is 3. The number of rotatable bonds is 11. The van der Waals surface area contributed by atoms with Crippen LogP contribution in [-0.2, 0) is 19.1 Å². The SMILES string of the molecule is O=C1CCCC(=O)C1C(=O)c1cccc(OCCOCCOCCBr)c1Cl. The van der Waals surface area contributed by atoms with Crippen molar-refractivity contribution < 1.29 is 28.6 Å². The Labute approximate surface area is 171 Å². The second-order valence-electron chi connectivity index (χ2n) is 5.96. The molecule has 1 aromatic rings. The van der Waals surface area contributed by atoms with Gasteiger partial charge in [-0.1, -0.05) is 33.6 Å². The van der Waals surface area contributed by atoms with Gasteiger partial charge in [0, 0.05) is 23.7 Å². The molecule has 0 amide bonds. The topological polar surface area (TPSA) is 78.9 Å². The second kappa shape index (κ2) is 11.5. The number of hydrogen-bond donors (Lipinski definition) is 0. The molecule has 0 saturated heterocycles. The van der Waals surface area contributed by atoms with Crippen molar-refractivity contribution in [1.82, 2.24) is 0 Å². The van der Waals surface area contributed by atoms with E-state index >= 15 is 0 Å². The van der Waals surface area contributed by atoms with Crippen LogP contribution in [-0.4, -0.2) is 55.7 Å². The van der Waals surface area contributed by atoms with Gasteiger partial charge in [0.1, 0.15) is 18.3 Å². The number of ketones is 3. The minimum absolute atomic E-state index is 0.106. The molecule has 8 heteroatoms. The van der Waals surface area contributed by atoms with Gasteiger partial charge in [0.05, 0.1) is 31.5 Å². The molecular formula is C19H22BrClO6. The lowest BCUT2D eigenvalue weighted by atomic mass is 9.81. The van der Waals surface area contributed by atoms with Crippen LogP contribution in [0.2, 0.25) is 5.02 Å². The van der Waals surface area contributed by atoms with Crippen LogP contribution in [0, 0.1) is 5.92 Å². The minimum Gasteiger partial charge on any atom is -0.490 e. The average molecular weight is 462 g/mol. The molecule has 1 fully saturated rings. The third-order valence-electron chi connectivity index (χ3n) is 4.06. The second-order valence-corrected chi connectivity index (χ2v) is 7.13. The van der Waals surface area contributed by atoms with Crippen molar-refractivity contribution in [3.05, 3.63) is 28.8 Å². The molecule has 0 bridgehead atoms. The molecule has 6 nitrogen and oxygen atoms in total. The molecule has 1 saturated carbocycles. The molecule has 0 N–H and O–H groups in total. The Morgan fingerprint density at radius 3 is 2.33 bits per heavy atom. The molecule has 0 aromatic heterocycles. The van der Waals surface area contributed by atoms with Gasteiger partial charge in [-0.3, -0.25) is 14.4 Å². The monoisotopic (exact) mass is 460 g/mol. The van der Waals surface area contributed by atoms with Gasteiger partial charge >= 0.3 is 0 Å². The van der Waals surface area contributed by atoms with E-state index in [1.54, 1.807) is 12.1 Å². The molecule has 0 aliphatic heterocycles. The summed E-state index contributed by atoms with van der Waals surface area (Å²) < 4.78 is 16.2. The summed E-state index contributed by atoms with van der Waals surface area (Å²) in [5.74, 6) is -2.16. The maximum Gasteiger partial charge on any atom is 0.182 e. The van der Waals surface area contributed by atoms with E-state index in [2.05, 4.69) is 15.9 Å². The highest BCUT2D eigenvalue weighted by atomic mass is 79.9. The molecular weight excluding hydrogens is 440 g/mol. The fourth-order valence-corrected chi connectivity index (χ4v) is 3.26. The van der Waals surface area contributed by atoms with Gasteiger partial charge in [-0.2, -0.15) is 0 Å². The summed E-state index contributed by atoms with van der Waals surface area (Å²) >= 11 is 9.55. The zero-order chi connectivity index (χ0) is 19.6. The minimum atomic E-state index is -1.24. The van der Waals surface area contributed by atoms with Gasteiger partial charge in [-0.25, -0.2) is 0 Å². The Morgan fingerprint density at radius 2 is 1.67 bits per heavy atom. The number of halogens is 2. The summed E-state index contributed by atoms with van der Waals surface area (Å²) in [5, 5.41) is 0.885. The molecule has 1 aromatic carbocycles. The number of ether oxygens (including phenoxy) is 3. The van der Waals surface area contributed by atoms with E-state index in [9.17, 15) is 14.4 Å². The van der Waals surface area contributed by atoms with Crippen molar-refractivity contribution >= 4 is 44.9 Å². The Kier molecular flexibility index (Phi) is 9.41. The zero-order valence-corrected chi connectivity index (χ0v) is 17.2. The normalized spacial score (nSPS) is 15.2. The lowest BCUT2D eigenvalue weighted by Gasteiger charge is -2.19. The summed E-state index contributed by atoms with van der Waals surface area (Å²) in [7, 11) is 0. The van der Waals surface area contributed by atoms with E-state index in [1.165, 1.54) is 6.07 Å². The first kappa shape index (κ1) is 22.0. The van der Waals surface area contributed by atoms with Gasteiger partial charge in [0.25, 0.3) is 0 Å². The van der Waals surface area contributed by atoms with Crippen LogP contribution in [0.15, 0.2) is 18.2 Å². The van der Waals surface area contributed by atoms with Gasteiger partial charge in [-0.05, 0) is 18.6 Å². The van der Waals surface area contributed by atoms with Crippen LogP contribution in [0.4, 0.5) is 0 Å². The molecule has 0 heterocycles. The molecule has 0 radical (unpaired) electrons. The van der Waals surface area contributed by atoms with Gasteiger partial charge < -0.3 is 14.2 Å². The van der Waals surface area contributed by atoms with Crippen molar-refractivity contribution in [3.63, 3.8) is 0 Å². The molecule has 0 atom stereocenters. The van der Waals surface area contributed by atoms with E-state index < -0.39 is 11.7 Å². The Balaban J connectivity index is 1.90. The van der Waals surface area contributed by atoms with Crippen molar-refractivity contribution in [2.45, 2.75) is 19.3 Å². The largest absolute Gasteiger partial charge is 0.490 e. The maximum absolute atomic E-state index is 12.7. The Bertz CT molecular complexity index is 662. The highest BCUT2D eigenvalue weighted by molar-refractivity contribution is 9.09. The summed E-state index contributed by atoms with van der Waals surface area (Å²) in [6, 6.07) is 4.74. The lowest BCUT2D eigenvalue weighted by Crippen LogP contribution is -2.35. The summed E-state index contributed by atoms with van der Waals surface area (Å²) in [6.45, 7) is 2.17. The highest BCUT2D eigenvalue weighted by Crippen LogP contribution is 2.31. The molecule has 1 aliphatic rings. The molecule has 2 rings (SSSR count). The van der Waals surface area contributed by atoms with E-state index in [1.807, 2.05) is 0 Å². The fourth-order valence-electron chi connectivity index (χ4n) is 2.75. The first-order valence-electron chi connectivity index (χ1n) is 8.78. The third kappa shape index (κ3) is 6.38. The zero-order valence-electron chi connectivity index (χ0n) is 14.9. The van der Waals surface area contributed by atoms with E-state index in [0.29, 0.717) is 38.6 Å². The highest BCUT2D eigenvalue weighted by Gasteiger charge is 2.37. The number of hydrogen-bond acceptors (Lipinski definition) is 6. The van der Waals surface area contributed by atoms with Crippen molar-refractivity contribution in [3.8, 4) is 5.75 Å². The Morgan fingerprint density at radius 1 is 1.04 bits per heavy atom. The third-order valence-corrected chi connectivity index (χ3v) is 4.77. The predicted molar refractivity (Wildman–Crippen MR) is 104 cm³/mol. The van der Waals surface area contributed by atoms with Crippen LogP contribution in [0.1, 0.15) is 29.6 Å². The fraction of sp³-hybridized carbons (Fsp3) is 0.526. The number of alkyl halides is 1. The van der Waals surface area contributed by atoms with Crippen molar-refractivity contribution in [1.29, 1.82) is 0 Å². The summed E-state index contributed by atoms with van der Waals surface area (Å²) in [5.41, 5.74) is 0.131. The molecule has 27 heavy (non-hydrogen) atoms. The Hall–Kier alpha value is -1.28. The number of carbonyl (C=O) groups is 3.